The van der Waals surface area contributed by atoms with Gasteiger partial charge in [-0.1, -0.05) is 48.9 Å². The van der Waals surface area contributed by atoms with E-state index in [0.29, 0.717) is 15.7 Å². The van der Waals surface area contributed by atoms with Crippen LogP contribution in [0, 0.1) is 5.92 Å². The van der Waals surface area contributed by atoms with E-state index in [9.17, 15) is 9.59 Å². The van der Waals surface area contributed by atoms with E-state index in [1.54, 1.807) is 31.4 Å². The number of methoxy groups -OCH3 is 1. The van der Waals surface area contributed by atoms with Crippen LogP contribution in [-0.2, 0) is 4.79 Å². The van der Waals surface area contributed by atoms with Crippen molar-refractivity contribution < 1.29 is 14.3 Å². The van der Waals surface area contributed by atoms with Gasteiger partial charge in [-0.15, -0.1) is 0 Å². The van der Waals surface area contributed by atoms with Crippen molar-refractivity contribution in [3.05, 3.63) is 53.1 Å². The van der Waals surface area contributed by atoms with Crippen molar-refractivity contribution >= 4 is 50.1 Å². The second kappa shape index (κ2) is 8.58. The van der Waals surface area contributed by atoms with Crippen LogP contribution in [0.1, 0.15) is 24.2 Å². The molecule has 0 saturated carbocycles. The summed E-state index contributed by atoms with van der Waals surface area (Å²) >= 11 is 7.43. The van der Waals surface area contributed by atoms with E-state index < -0.39 is 11.9 Å². The maximum atomic E-state index is 12.8. The maximum Gasteiger partial charge on any atom is 0.253 e. The van der Waals surface area contributed by atoms with Crippen LogP contribution in [-0.4, -0.2) is 29.9 Å². The Balaban J connectivity index is 1.76. The van der Waals surface area contributed by atoms with E-state index in [1.807, 2.05) is 32.0 Å². The minimum absolute atomic E-state index is 0.124. The normalized spacial score (nSPS) is 12.0. The minimum atomic E-state index is -0.731. The van der Waals surface area contributed by atoms with Gasteiger partial charge < -0.3 is 15.4 Å². The van der Waals surface area contributed by atoms with Crippen LogP contribution >= 0.6 is 22.9 Å². The molecule has 8 heteroatoms. The number of carbonyl (C=O) groups excluding carboxylic acids is 2. The van der Waals surface area contributed by atoms with E-state index in [0.717, 1.165) is 16.0 Å². The molecule has 2 amide bonds. The minimum Gasteiger partial charge on any atom is -0.497 e. The van der Waals surface area contributed by atoms with Gasteiger partial charge in [0.15, 0.2) is 5.13 Å². The Bertz CT molecular complexity index is 1020. The zero-order chi connectivity index (χ0) is 20.3. The van der Waals surface area contributed by atoms with Gasteiger partial charge in [0.25, 0.3) is 5.91 Å². The molecule has 3 aromatic rings. The molecule has 0 fully saturated rings. The summed E-state index contributed by atoms with van der Waals surface area (Å²) in [5, 5.41) is 6.37. The second-order valence-electron chi connectivity index (χ2n) is 6.52. The third kappa shape index (κ3) is 4.43. The highest BCUT2D eigenvalue weighted by atomic mass is 35.5. The lowest BCUT2D eigenvalue weighted by atomic mass is 10.0. The van der Waals surface area contributed by atoms with Gasteiger partial charge in [-0.2, -0.15) is 0 Å². The number of nitrogens with zero attached hydrogens (tertiary/aromatic N) is 1. The highest BCUT2D eigenvalue weighted by molar-refractivity contribution is 7.22. The molecule has 1 heterocycles. The van der Waals surface area contributed by atoms with Gasteiger partial charge in [-0.3, -0.25) is 9.59 Å². The molecule has 2 N–H and O–H groups in total. The van der Waals surface area contributed by atoms with Crippen LogP contribution in [0.2, 0.25) is 5.02 Å². The summed E-state index contributed by atoms with van der Waals surface area (Å²) in [6, 6.07) is 11.5. The first kappa shape index (κ1) is 20.1. The number of halogens is 1. The quantitative estimate of drug-likeness (QED) is 0.624. The standard InChI is InChI=1S/C20H20ClN3O3S/c1-11(2)17(23-18(25)13-6-4-5-7-14(13)21)19(26)24-20-22-15-9-8-12(27-3)10-16(15)28-20/h4-11,17H,1-3H3,(H,23,25)(H,22,24,26)/t17-/m0/s1. The lowest BCUT2D eigenvalue weighted by molar-refractivity contribution is -0.118. The number of anilines is 1. The molecular formula is C20H20ClN3O3S. The number of ether oxygens (including phenoxy) is 1. The average Bonchev–Trinajstić information content (AvgIpc) is 3.06. The van der Waals surface area contributed by atoms with Crippen molar-refractivity contribution in [2.75, 3.05) is 12.4 Å². The topological polar surface area (TPSA) is 80.3 Å². The summed E-state index contributed by atoms with van der Waals surface area (Å²) in [6.07, 6.45) is 0. The first-order valence-electron chi connectivity index (χ1n) is 8.70. The number of thiazole rings is 1. The zero-order valence-electron chi connectivity index (χ0n) is 15.7. The van der Waals surface area contributed by atoms with Crippen molar-refractivity contribution in [1.82, 2.24) is 10.3 Å². The number of nitrogens with one attached hydrogen (secondary N) is 2. The molecule has 1 atom stereocenters. The van der Waals surface area contributed by atoms with Crippen molar-refractivity contribution in [2.45, 2.75) is 19.9 Å². The Hall–Kier alpha value is -2.64. The van der Waals surface area contributed by atoms with Crippen LogP contribution in [0.3, 0.4) is 0 Å². The Morgan fingerprint density at radius 3 is 2.61 bits per heavy atom. The van der Waals surface area contributed by atoms with Crippen molar-refractivity contribution in [2.24, 2.45) is 5.92 Å². The predicted octanol–water partition coefficient (Wildman–Crippen LogP) is 4.35. The van der Waals surface area contributed by atoms with Gasteiger partial charge in [0, 0.05) is 0 Å². The molecule has 1 aromatic heterocycles. The van der Waals surface area contributed by atoms with E-state index in [-0.39, 0.29) is 11.8 Å². The summed E-state index contributed by atoms with van der Waals surface area (Å²) in [5.41, 5.74) is 1.09. The van der Waals surface area contributed by atoms with Gasteiger partial charge in [-0.25, -0.2) is 4.98 Å². The number of benzene rings is 2. The third-order valence-electron chi connectivity index (χ3n) is 4.18. The van der Waals surface area contributed by atoms with Crippen molar-refractivity contribution in [3.8, 4) is 5.75 Å². The van der Waals surface area contributed by atoms with Crippen LogP contribution in [0.25, 0.3) is 10.2 Å². The Morgan fingerprint density at radius 2 is 1.93 bits per heavy atom. The number of hydrogen-bond acceptors (Lipinski definition) is 5. The first-order chi connectivity index (χ1) is 13.4. The second-order valence-corrected chi connectivity index (χ2v) is 7.95. The summed E-state index contributed by atoms with van der Waals surface area (Å²) in [5.74, 6) is -0.128. The lowest BCUT2D eigenvalue weighted by Gasteiger charge is -2.21. The van der Waals surface area contributed by atoms with Crippen LogP contribution in [0.15, 0.2) is 42.5 Å². The average molecular weight is 418 g/mol. The van der Waals surface area contributed by atoms with Gasteiger partial charge in [0.2, 0.25) is 5.91 Å². The molecule has 0 spiro atoms. The van der Waals surface area contributed by atoms with Gasteiger partial charge in [-0.05, 0) is 36.2 Å². The summed E-state index contributed by atoms with van der Waals surface area (Å²) < 4.78 is 6.11. The molecule has 0 bridgehead atoms. The molecular weight excluding hydrogens is 398 g/mol. The molecule has 3 rings (SSSR count). The Labute approximate surface area is 171 Å². The number of fused-ring (bicyclic) bond motifs is 1. The fourth-order valence-corrected chi connectivity index (χ4v) is 3.79. The summed E-state index contributed by atoms with van der Waals surface area (Å²) in [6.45, 7) is 3.72. The van der Waals surface area contributed by atoms with Gasteiger partial charge in [0.1, 0.15) is 11.8 Å². The highest BCUT2D eigenvalue weighted by Gasteiger charge is 2.26. The largest absolute Gasteiger partial charge is 0.497 e. The summed E-state index contributed by atoms with van der Waals surface area (Å²) in [7, 11) is 1.60. The number of amides is 2. The number of aromatic nitrogens is 1. The van der Waals surface area contributed by atoms with Crippen molar-refractivity contribution in [1.29, 1.82) is 0 Å². The fraction of sp³-hybridized carbons (Fsp3) is 0.250. The van der Waals surface area contributed by atoms with E-state index >= 15 is 0 Å². The highest BCUT2D eigenvalue weighted by Crippen LogP contribution is 2.29. The van der Waals surface area contributed by atoms with E-state index in [1.165, 1.54) is 11.3 Å². The number of carbonyl (C=O) groups is 2. The molecule has 2 aromatic carbocycles. The van der Waals surface area contributed by atoms with Gasteiger partial charge >= 0.3 is 0 Å². The summed E-state index contributed by atoms with van der Waals surface area (Å²) in [4.78, 5) is 29.8. The molecule has 28 heavy (non-hydrogen) atoms. The Morgan fingerprint density at radius 1 is 1.18 bits per heavy atom. The smallest absolute Gasteiger partial charge is 0.253 e. The van der Waals surface area contributed by atoms with Crippen LogP contribution in [0.4, 0.5) is 5.13 Å². The van der Waals surface area contributed by atoms with Crippen molar-refractivity contribution in [3.63, 3.8) is 0 Å². The van der Waals surface area contributed by atoms with Crippen LogP contribution < -0.4 is 15.4 Å². The zero-order valence-corrected chi connectivity index (χ0v) is 17.2. The molecule has 0 radical (unpaired) electrons. The molecule has 0 aliphatic rings. The first-order valence-corrected chi connectivity index (χ1v) is 9.89. The van der Waals surface area contributed by atoms with Crippen LogP contribution in [0.5, 0.6) is 5.75 Å². The molecule has 0 aliphatic carbocycles. The monoisotopic (exact) mass is 417 g/mol. The molecule has 0 unspecified atom stereocenters. The number of rotatable bonds is 6. The van der Waals surface area contributed by atoms with Gasteiger partial charge in [0.05, 0.1) is 27.9 Å². The Kier molecular flexibility index (Phi) is 6.16. The molecule has 0 saturated heterocycles. The number of hydrogen-bond donors (Lipinski definition) is 2. The van der Waals surface area contributed by atoms with E-state index in [2.05, 4.69) is 15.6 Å². The van der Waals surface area contributed by atoms with E-state index in [4.69, 9.17) is 16.3 Å². The lowest BCUT2D eigenvalue weighted by Crippen LogP contribution is -2.47. The molecule has 146 valence electrons. The third-order valence-corrected chi connectivity index (χ3v) is 5.44. The fourth-order valence-electron chi connectivity index (χ4n) is 2.67. The SMILES string of the molecule is COc1ccc2nc(NC(=O)[C@@H](NC(=O)c3ccccc3Cl)C(C)C)sc2c1. The molecule has 0 aliphatic heterocycles. The predicted molar refractivity (Wildman–Crippen MR) is 112 cm³/mol. The molecule has 6 nitrogen and oxygen atoms in total. The maximum absolute atomic E-state index is 12.8.